The van der Waals surface area contributed by atoms with Crippen LogP contribution in [0.3, 0.4) is 0 Å². The van der Waals surface area contributed by atoms with Gasteiger partial charge in [-0.2, -0.15) is 0 Å². The SMILES string of the molecule is Cc1cc(NC(=O)C2(C([NH])=O)CCC2)ccc1N1CCOCC1=S. The highest BCUT2D eigenvalue weighted by Crippen LogP contribution is 2.42. The summed E-state index contributed by atoms with van der Waals surface area (Å²) in [6.07, 6.45) is 1.73. The van der Waals surface area contributed by atoms with Crippen molar-refractivity contribution in [2.75, 3.05) is 30.0 Å². The van der Waals surface area contributed by atoms with E-state index in [1.54, 1.807) is 6.07 Å². The van der Waals surface area contributed by atoms with E-state index in [1.807, 2.05) is 24.0 Å². The van der Waals surface area contributed by atoms with Crippen LogP contribution < -0.4 is 16.0 Å². The third kappa shape index (κ3) is 2.89. The zero-order valence-electron chi connectivity index (χ0n) is 13.6. The van der Waals surface area contributed by atoms with Gasteiger partial charge in [0, 0.05) is 17.9 Å². The first-order chi connectivity index (χ1) is 11.4. The molecule has 2 amide bonds. The van der Waals surface area contributed by atoms with Crippen LogP contribution in [0.15, 0.2) is 18.2 Å². The summed E-state index contributed by atoms with van der Waals surface area (Å²) < 4.78 is 5.34. The normalized spacial score (nSPS) is 19.5. The third-order valence-electron chi connectivity index (χ3n) is 4.81. The fourth-order valence-corrected chi connectivity index (χ4v) is 3.42. The van der Waals surface area contributed by atoms with Gasteiger partial charge in [-0.15, -0.1) is 0 Å². The van der Waals surface area contributed by atoms with E-state index in [4.69, 9.17) is 22.7 Å². The Bertz CT molecular complexity index is 700. The maximum Gasteiger partial charge on any atom is 0.254 e. The Morgan fingerprint density at radius 2 is 2.12 bits per heavy atom. The third-order valence-corrected chi connectivity index (χ3v) is 5.15. The van der Waals surface area contributed by atoms with Crippen molar-refractivity contribution in [3.05, 3.63) is 23.8 Å². The molecule has 1 aromatic carbocycles. The van der Waals surface area contributed by atoms with E-state index in [2.05, 4.69) is 5.32 Å². The minimum Gasteiger partial charge on any atom is -0.372 e. The molecular formula is C17H20N3O3S. The lowest BCUT2D eigenvalue weighted by Gasteiger charge is -2.36. The molecule has 1 heterocycles. The lowest BCUT2D eigenvalue weighted by Crippen LogP contribution is -2.48. The summed E-state index contributed by atoms with van der Waals surface area (Å²) in [5, 5.41) is 2.79. The van der Waals surface area contributed by atoms with E-state index in [0.29, 0.717) is 38.3 Å². The molecule has 1 radical (unpaired) electrons. The molecule has 1 aromatic rings. The lowest BCUT2D eigenvalue weighted by molar-refractivity contribution is -0.144. The first kappa shape index (κ1) is 16.9. The number of carbonyl (C=O) groups excluding carboxylic acids is 2. The summed E-state index contributed by atoms with van der Waals surface area (Å²) in [5.41, 5.74) is 8.84. The van der Waals surface area contributed by atoms with Gasteiger partial charge in [-0.3, -0.25) is 15.3 Å². The number of hydrogen-bond donors (Lipinski definition) is 1. The molecule has 0 spiro atoms. The van der Waals surface area contributed by atoms with Crippen LogP contribution in [0.5, 0.6) is 0 Å². The maximum atomic E-state index is 12.4. The van der Waals surface area contributed by atoms with Crippen LogP contribution in [0.25, 0.3) is 0 Å². The highest BCUT2D eigenvalue weighted by atomic mass is 32.1. The highest BCUT2D eigenvalue weighted by molar-refractivity contribution is 7.80. The molecule has 127 valence electrons. The van der Waals surface area contributed by atoms with Crippen LogP contribution in [0.1, 0.15) is 24.8 Å². The Balaban J connectivity index is 1.76. The second kappa shape index (κ2) is 6.49. The average molecular weight is 346 g/mol. The van der Waals surface area contributed by atoms with Gasteiger partial charge in [-0.25, -0.2) is 0 Å². The minimum atomic E-state index is -1.15. The summed E-state index contributed by atoms with van der Waals surface area (Å²) in [6, 6.07) is 5.59. The fraction of sp³-hybridized carbons (Fsp3) is 0.471. The van der Waals surface area contributed by atoms with Crippen LogP contribution in [0.2, 0.25) is 0 Å². The Hall–Kier alpha value is -1.99. The molecule has 0 aromatic heterocycles. The molecule has 0 unspecified atom stereocenters. The number of ether oxygens (including phenoxy) is 1. The van der Waals surface area contributed by atoms with Gasteiger partial charge < -0.3 is 15.0 Å². The molecule has 6 nitrogen and oxygen atoms in total. The summed E-state index contributed by atoms with van der Waals surface area (Å²) in [6.45, 7) is 3.74. The first-order valence-electron chi connectivity index (χ1n) is 8.00. The zero-order chi connectivity index (χ0) is 17.3. The molecule has 0 bridgehead atoms. The second-order valence-corrected chi connectivity index (χ2v) is 6.79. The number of amides is 2. The van der Waals surface area contributed by atoms with Gasteiger partial charge in [0.05, 0.1) is 13.2 Å². The van der Waals surface area contributed by atoms with E-state index in [0.717, 1.165) is 22.7 Å². The molecule has 1 aliphatic heterocycles. The Kier molecular flexibility index (Phi) is 4.56. The number of anilines is 2. The quantitative estimate of drug-likeness (QED) is 0.667. The predicted octanol–water partition coefficient (Wildman–Crippen LogP) is 2.08. The standard InChI is InChI=1S/C17H20N3O3S/c1-11-9-12(19-16(22)17(15(18)21)5-2-6-17)3-4-13(11)20-7-8-23-10-14(20)24/h3-4,9,18H,2,5-8,10H2,1H3,(H,19,22). The van der Waals surface area contributed by atoms with Crippen molar-refractivity contribution in [1.29, 1.82) is 0 Å². The van der Waals surface area contributed by atoms with Gasteiger partial charge >= 0.3 is 0 Å². The number of carbonyl (C=O) groups is 2. The Labute approximate surface area is 146 Å². The van der Waals surface area contributed by atoms with Gasteiger partial charge in [0.2, 0.25) is 5.91 Å². The van der Waals surface area contributed by atoms with Crippen molar-refractivity contribution in [1.82, 2.24) is 5.73 Å². The van der Waals surface area contributed by atoms with Crippen LogP contribution in [-0.2, 0) is 14.3 Å². The molecule has 3 rings (SSSR count). The van der Waals surface area contributed by atoms with Crippen LogP contribution in [-0.4, -0.2) is 36.6 Å². The van der Waals surface area contributed by atoms with Crippen molar-refractivity contribution in [3.8, 4) is 0 Å². The summed E-state index contributed by atoms with van der Waals surface area (Å²) >= 11 is 5.35. The number of benzene rings is 1. The molecular weight excluding hydrogens is 326 g/mol. The average Bonchev–Trinajstić information content (AvgIpc) is 2.47. The molecule has 1 saturated carbocycles. The number of thiocarbonyl (C=S) groups is 1. The zero-order valence-corrected chi connectivity index (χ0v) is 14.4. The van der Waals surface area contributed by atoms with Gasteiger partial charge in [0.25, 0.3) is 5.91 Å². The van der Waals surface area contributed by atoms with Gasteiger partial charge in [-0.1, -0.05) is 18.6 Å². The summed E-state index contributed by atoms with van der Waals surface area (Å²) in [7, 11) is 0. The molecule has 2 aliphatic rings. The molecule has 2 fully saturated rings. The molecule has 24 heavy (non-hydrogen) atoms. The van der Waals surface area contributed by atoms with Gasteiger partial charge in [-0.05, 0) is 43.5 Å². The van der Waals surface area contributed by atoms with E-state index >= 15 is 0 Å². The second-order valence-electron chi connectivity index (χ2n) is 6.32. The van der Waals surface area contributed by atoms with Crippen molar-refractivity contribution in [3.63, 3.8) is 0 Å². The molecule has 2 N–H and O–H groups in total. The highest BCUT2D eigenvalue weighted by Gasteiger charge is 2.50. The van der Waals surface area contributed by atoms with E-state index in [-0.39, 0.29) is 5.91 Å². The number of nitrogens with one attached hydrogen (secondary N) is 2. The van der Waals surface area contributed by atoms with Gasteiger partial charge in [0.15, 0.2) is 0 Å². The number of morpholine rings is 1. The molecule has 1 aliphatic carbocycles. The maximum absolute atomic E-state index is 12.4. The lowest BCUT2D eigenvalue weighted by atomic mass is 9.67. The monoisotopic (exact) mass is 346 g/mol. The number of hydrogen-bond acceptors (Lipinski definition) is 4. The largest absolute Gasteiger partial charge is 0.372 e. The predicted molar refractivity (Wildman–Crippen MR) is 95.0 cm³/mol. The first-order valence-corrected chi connectivity index (χ1v) is 8.41. The topological polar surface area (TPSA) is 82.4 Å². The van der Waals surface area contributed by atoms with Crippen molar-refractivity contribution < 1.29 is 14.3 Å². The van der Waals surface area contributed by atoms with Crippen LogP contribution in [0.4, 0.5) is 11.4 Å². The van der Waals surface area contributed by atoms with E-state index < -0.39 is 11.3 Å². The van der Waals surface area contributed by atoms with E-state index in [1.165, 1.54) is 0 Å². The Morgan fingerprint density at radius 1 is 1.38 bits per heavy atom. The van der Waals surface area contributed by atoms with Crippen molar-refractivity contribution >= 4 is 40.4 Å². The molecule has 7 heteroatoms. The van der Waals surface area contributed by atoms with E-state index in [9.17, 15) is 9.59 Å². The van der Waals surface area contributed by atoms with Crippen molar-refractivity contribution in [2.45, 2.75) is 26.2 Å². The number of aryl methyl sites for hydroxylation is 1. The minimum absolute atomic E-state index is 0.372. The fourth-order valence-electron chi connectivity index (χ4n) is 3.15. The van der Waals surface area contributed by atoms with Crippen LogP contribution >= 0.6 is 12.2 Å². The molecule has 0 atom stereocenters. The summed E-state index contributed by atoms with van der Waals surface area (Å²) in [5.74, 6) is -1.17. The smallest absolute Gasteiger partial charge is 0.254 e. The number of nitrogens with zero attached hydrogens (tertiary/aromatic N) is 1. The van der Waals surface area contributed by atoms with Gasteiger partial charge in [0.1, 0.15) is 10.4 Å². The number of rotatable bonds is 4. The van der Waals surface area contributed by atoms with Crippen LogP contribution in [0, 0.1) is 12.3 Å². The van der Waals surface area contributed by atoms with Crippen molar-refractivity contribution in [2.24, 2.45) is 5.41 Å². The Morgan fingerprint density at radius 3 is 2.67 bits per heavy atom. The molecule has 1 saturated heterocycles. The summed E-state index contributed by atoms with van der Waals surface area (Å²) in [4.78, 5) is 26.7.